The van der Waals surface area contributed by atoms with Gasteiger partial charge in [0.15, 0.2) is 0 Å². The number of carbonyl (C=O) groups excluding carboxylic acids is 2. The van der Waals surface area contributed by atoms with Gasteiger partial charge in [0, 0.05) is 25.4 Å². The van der Waals surface area contributed by atoms with E-state index in [0.717, 1.165) is 27.3 Å². The zero-order valence-corrected chi connectivity index (χ0v) is 17.1. The minimum Gasteiger partial charge on any atom is -0.378 e. The van der Waals surface area contributed by atoms with E-state index in [1.54, 1.807) is 13.0 Å². The Kier molecular flexibility index (Phi) is 5.65. The van der Waals surface area contributed by atoms with Gasteiger partial charge in [-0.1, -0.05) is 42.0 Å². The maximum absolute atomic E-state index is 13.1. The first-order valence-corrected chi connectivity index (χ1v) is 9.34. The summed E-state index contributed by atoms with van der Waals surface area (Å²) in [6.07, 6.45) is 1.74. The maximum Gasteiger partial charge on any atom is 0.271 e. The Hall–Kier alpha value is -3.65. The molecule has 0 unspecified atom stereocenters. The van der Waals surface area contributed by atoms with Crippen LogP contribution in [0, 0.1) is 18.3 Å². The molecule has 3 rings (SSSR count). The Bertz CT molecular complexity index is 1050. The van der Waals surface area contributed by atoms with Gasteiger partial charge in [-0.05, 0) is 48.8 Å². The Morgan fingerprint density at radius 3 is 2.14 bits per heavy atom. The molecule has 0 saturated heterocycles. The second kappa shape index (κ2) is 8.15. The first kappa shape index (κ1) is 20.1. The minimum absolute atomic E-state index is 0.00729. The average Bonchev–Trinajstić information content (AvgIpc) is 2.70. The monoisotopic (exact) mass is 385 g/mol. The third-order valence-corrected chi connectivity index (χ3v) is 5.01. The Balaban J connectivity index is 2.00. The molecule has 0 N–H and O–H groups in total. The zero-order valence-electron chi connectivity index (χ0n) is 17.1. The van der Waals surface area contributed by atoms with Gasteiger partial charge in [0.1, 0.15) is 11.6 Å². The number of carbonyl (C=O) groups is 2. The van der Waals surface area contributed by atoms with E-state index in [4.69, 9.17) is 0 Å². The van der Waals surface area contributed by atoms with E-state index >= 15 is 0 Å². The molecule has 2 aromatic carbocycles. The van der Waals surface area contributed by atoms with Crippen LogP contribution in [0.5, 0.6) is 0 Å². The first-order chi connectivity index (χ1) is 13.8. The van der Waals surface area contributed by atoms with E-state index in [9.17, 15) is 14.9 Å². The average molecular weight is 385 g/mol. The summed E-state index contributed by atoms with van der Waals surface area (Å²) in [5, 5.41) is 9.52. The minimum atomic E-state index is -0.546. The molecular formula is C24H23N3O2. The topological polar surface area (TPSA) is 64.4 Å². The van der Waals surface area contributed by atoms with Crippen molar-refractivity contribution in [3.63, 3.8) is 0 Å². The van der Waals surface area contributed by atoms with Crippen molar-refractivity contribution in [3.05, 3.63) is 81.9 Å². The number of anilines is 1. The van der Waals surface area contributed by atoms with Crippen molar-refractivity contribution in [3.8, 4) is 6.07 Å². The highest BCUT2D eigenvalue weighted by atomic mass is 16.2. The third-order valence-electron chi connectivity index (χ3n) is 5.01. The van der Waals surface area contributed by atoms with Crippen molar-refractivity contribution < 1.29 is 9.59 Å². The maximum atomic E-state index is 13.1. The van der Waals surface area contributed by atoms with Gasteiger partial charge in [-0.25, -0.2) is 0 Å². The quantitative estimate of drug-likeness (QED) is 0.592. The van der Waals surface area contributed by atoms with Gasteiger partial charge < -0.3 is 4.90 Å². The highest BCUT2D eigenvalue weighted by Gasteiger charge is 2.35. The number of aryl methyl sites for hydroxylation is 1. The lowest BCUT2D eigenvalue weighted by Crippen LogP contribution is -2.42. The molecular weight excluding hydrogens is 362 g/mol. The largest absolute Gasteiger partial charge is 0.378 e. The molecule has 2 aromatic rings. The van der Waals surface area contributed by atoms with E-state index in [2.05, 4.69) is 0 Å². The van der Waals surface area contributed by atoms with Gasteiger partial charge in [-0.15, -0.1) is 0 Å². The fourth-order valence-corrected chi connectivity index (χ4v) is 3.18. The molecule has 0 aromatic heterocycles. The van der Waals surface area contributed by atoms with Crippen molar-refractivity contribution in [2.24, 2.45) is 0 Å². The van der Waals surface area contributed by atoms with Crippen LogP contribution in [-0.4, -0.2) is 30.8 Å². The van der Waals surface area contributed by atoms with Crippen LogP contribution in [0.1, 0.15) is 23.6 Å². The van der Waals surface area contributed by atoms with E-state index in [1.165, 1.54) is 0 Å². The van der Waals surface area contributed by atoms with Crippen molar-refractivity contribution in [1.29, 1.82) is 5.26 Å². The standard InChI is InChI=1S/C24H23N3O2/c1-16-5-7-19(8-6-16)15-27-23(28)21(17(2)22(14-25)24(27)29)13-18-9-11-20(12-10-18)26(3)4/h5-13H,15H2,1-4H3/b21-13+. The highest BCUT2D eigenvalue weighted by molar-refractivity contribution is 6.19. The summed E-state index contributed by atoms with van der Waals surface area (Å²) < 4.78 is 0. The number of amides is 2. The number of rotatable bonds is 4. The summed E-state index contributed by atoms with van der Waals surface area (Å²) in [6.45, 7) is 3.76. The van der Waals surface area contributed by atoms with Gasteiger partial charge in [0.2, 0.25) is 0 Å². The fraction of sp³-hybridized carbons (Fsp3) is 0.208. The van der Waals surface area contributed by atoms with Crippen LogP contribution >= 0.6 is 0 Å². The van der Waals surface area contributed by atoms with Crippen molar-refractivity contribution in [1.82, 2.24) is 4.90 Å². The third kappa shape index (κ3) is 4.12. The van der Waals surface area contributed by atoms with Crippen LogP contribution in [0.4, 0.5) is 5.69 Å². The summed E-state index contributed by atoms with van der Waals surface area (Å²) in [7, 11) is 3.91. The SMILES string of the molecule is CC1=C(C#N)C(=O)N(Cc2ccc(C)cc2)C(=O)/C1=C/c1ccc(N(C)C)cc1. The van der Waals surface area contributed by atoms with Gasteiger partial charge in [-0.3, -0.25) is 14.5 Å². The predicted octanol–water partition coefficient (Wildman–Crippen LogP) is 3.85. The summed E-state index contributed by atoms with van der Waals surface area (Å²) >= 11 is 0. The molecule has 5 heteroatoms. The Labute approximate surface area is 171 Å². The smallest absolute Gasteiger partial charge is 0.271 e. The molecule has 0 fully saturated rings. The van der Waals surface area contributed by atoms with E-state index in [-0.39, 0.29) is 18.0 Å². The molecule has 5 nitrogen and oxygen atoms in total. The molecule has 1 aliphatic heterocycles. The van der Waals surface area contributed by atoms with Gasteiger partial charge >= 0.3 is 0 Å². The number of nitrogens with zero attached hydrogens (tertiary/aromatic N) is 3. The number of benzene rings is 2. The van der Waals surface area contributed by atoms with Crippen molar-refractivity contribution >= 4 is 23.6 Å². The summed E-state index contributed by atoms with van der Waals surface area (Å²) in [5.74, 6) is -0.931. The first-order valence-electron chi connectivity index (χ1n) is 9.34. The fourth-order valence-electron chi connectivity index (χ4n) is 3.18. The number of nitriles is 1. The van der Waals surface area contributed by atoms with Crippen LogP contribution in [0.2, 0.25) is 0 Å². The second-order valence-corrected chi connectivity index (χ2v) is 7.34. The van der Waals surface area contributed by atoms with Crippen molar-refractivity contribution in [2.45, 2.75) is 20.4 Å². The van der Waals surface area contributed by atoms with Crippen LogP contribution < -0.4 is 4.90 Å². The zero-order chi connectivity index (χ0) is 21.1. The molecule has 0 radical (unpaired) electrons. The van der Waals surface area contributed by atoms with Gasteiger partial charge in [0.05, 0.1) is 6.54 Å². The molecule has 1 aliphatic rings. The lowest BCUT2D eigenvalue weighted by molar-refractivity contribution is -0.141. The Morgan fingerprint density at radius 2 is 1.59 bits per heavy atom. The normalized spacial score (nSPS) is 15.7. The van der Waals surface area contributed by atoms with Crippen LogP contribution in [0.15, 0.2) is 65.3 Å². The molecule has 0 atom stereocenters. The molecule has 0 aliphatic carbocycles. The van der Waals surface area contributed by atoms with Crippen LogP contribution in [0.25, 0.3) is 6.08 Å². The van der Waals surface area contributed by atoms with Gasteiger partial charge in [-0.2, -0.15) is 5.26 Å². The lowest BCUT2D eigenvalue weighted by Gasteiger charge is -2.27. The molecule has 0 bridgehead atoms. The van der Waals surface area contributed by atoms with Crippen molar-refractivity contribution in [2.75, 3.05) is 19.0 Å². The van der Waals surface area contributed by atoms with Crippen LogP contribution in [-0.2, 0) is 16.1 Å². The van der Waals surface area contributed by atoms with E-state index in [0.29, 0.717) is 11.1 Å². The summed E-state index contributed by atoms with van der Waals surface area (Å²) in [5.41, 5.74) is 4.60. The second-order valence-electron chi connectivity index (χ2n) is 7.34. The molecule has 29 heavy (non-hydrogen) atoms. The highest BCUT2D eigenvalue weighted by Crippen LogP contribution is 2.28. The molecule has 0 saturated carbocycles. The number of hydrogen-bond donors (Lipinski definition) is 0. The Morgan fingerprint density at radius 1 is 0.966 bits per heavy atom. The molecule has 0 spiro atoms. The van der Waals surface area contributed by atoms with Gasteiger partial charge in [0.25, 0.3) is 11.8 Å². The summed E-state index contributed by atoms with van der Waals surface area (Å²) in [4.78, 5) is 29.0. The summed E-state index contributed by atoms with van der Waals surface area (Å²) in [6, 6.07) is 17.4. The predicted molar refractivity (Wildman–Crippen MR) is 114 cm³/mol. The number of hydrogen-bond acceptors (Lipinski definition) is 4. The number of imide groups is 1. The van der Waals surface area contributed by atoms with Crippen LogP contribution in [0.3, 0.4) is 0 Å². The lowest BCUT2D eigenvalue weighted by atomic mass is 9.93. The molecule has 146 valence electrons. The molecule has 2 amide bonds. The van der Waals surface area contributed by atoms with E-state index < -0.39 is 5.91 Å². The molecule has 1 heterocycles. The van der Waals surface area contributed by atoms with E-state index in [1.807, 2.05) is 80.5 Å².